The number of hydroxylamine groups is 2. The molecule has 0 aliphatic carbocycles. The van der Waals surface area contributed by atoms with E-state index >= 15 is 0 Å². The number of unbranched alkanes of at least 4 members (excludes halogenated alkanes) is 3. The van der Waals surface area contributed by atoms with E-state index in [-0.39, 0.29) is 11.6 Å². The van der Waals surface area contributed by atoms with E-state index < -0.39 is 0 Å². The van der Waals surface area contributed by atoms with E-state index in [1.54, 1.807) is 0 Å². The molecule has 0 radical (unpaired) electrons. The van der Waals surface area contributed by atoms with E-state index in [4.69, 9.17) is 16.4 Å². The highest BCUT2D eigenvalue weighted by Crippen LogP contribution is 2.42. The topological polar surface area (TPSA) is 30.3 Å². The van der Waals surface area contributed by atoms with Gasteiger partial charge in [0, 0.05) is 37.4 Å². The maximum Gasteiger partial charge on any atom is 0.0946 e. The fourth-order valence-corrected chi connectivity index (χ4v) is 3.94. The fraction of sp³-hybridized carbons (Fsp3) is 0.550. The number of nitrogens with zero attached hydrogens (tertiary/aromatic N) is 3. The third kappa shape index (κ3) is 4.25. The molecule has 1 fully saturated rings. The number of benzene rings is 1. The van der Waals surface area contributed by atoms with Crippen molar-refractivity contribution in [1.82, 2.24) is 14.6 Å². The fourth-order valence-electron chi connectivity index (χ4n) is 3.82. The Labute approximate surface area is 155 Å². The molecule has 136 valence electrons. The lowest BCUT2D eigenvalue weighted by Crippen LogP contribution is -2.41. The molecule has 25 heavy (non-hydrogen) atoms. The molecule has 2 atom stereocenters. The summed E-state index contributed by atoms with van der Waals surface area (Å²) in [6.07, 6.45) is 13.2. The quantitative estimate of drug-likeness (QED) is 0.617. The SMILES string of the molecule is CCCCCC[C@@H]1C[C@@](Cn2ccnc2)(c2ccc(Cl)cc2)N(C)O1. The Morgan fingerprint density at radius 3 is 2.72 bits per heavy atom. The summed E-state index contributed by atoms with van der Waals surface area (Å²) < 4.78 is 2.13. The predicted octanol–water partition coefficient (Wildman–Crippen LogP) is 5.04. The molecule has 1 aliphatic rings. The Balaban J connectivity index is 1.80. The molecule has 0 N–H and O–H groups in total. The molecular weight excluding hydrogens is 334 g/mol. The summed E-state index contributed by atoms with van der Waals surface area (Å²) in [5.74, 6) is 0. The van der Waals surface area contributed by atoms with Crippen LogP contribution in [0.4, 0.5) is 0 Å². The zero-order chi connectivity index (χ0) is 17.7. The Bertz CT molecular complexity index is 643. The molecule has 1 saturated heterocycles. The zero-order valence-electron chi connectivity index (χ0n) is 15.2. The third-order valence-corrected chi connectivity index (χ3v) is 5.49. The Morgan fingerprint density at radius 2 is 2.04 bits per heavy atom. The van der Waals surface area contributed by atoms with Crippen molar-refractivity contribution in [2.45, 2.75) is 63.6 Å². The molecule has 2 heterocycles. The summed E-state index contributed by atoms with van der Waals surface area (Å²) in [5.41, 5.74) is 1.05. The molecule has 0 unspecified atom stereocenters. The maximum atomic E-state index is 6.26. The molecule has 1 aromatic heterocycles. The molecule has 2 aromatic rings. The van der Waals surface area contributed by atoms with Crippen molar-refractivity contribution in [1.29, 1.82) is 0 Å². The van der Waals surface area contributed by atoms with Crippen LogP contribution in [0.25, 0.3) is 0 Å². The van der Waals surface area contributed by atoms with Crippen molar-refractivity contribution in [2.24, 2.45) is 0 Å². The van der Waals surface area contributed by atoms with E-state index in [0.29, 0.717) is 0 Å². The van der Waals surface area contributed by atoms with Crippen molar-refractivity contribution in [3.63, 3.8) is 0 Å². The second-order valence-electron chi connectivity index (χ2n) is 7.05. The summed E-state index contributed by atoms with van der Waals surface area (Å²) in [7, 11) is 2.05. The maximum absolute atomic E-state index is 6.26. The molecule has 1 aliphatic heterocycles. The Kier molecular flexibility index (Phi) is 6.15. The Morgan fingerprint density at radius 1 is 1.24 bits per heavy atom. The van der Waals surface area contributed by atoms with Crippen LogP contribution in [0.3, 0.4) is 0 Å². The molecule has 0 spiro atoms. The summed E-state index contributed by atoms with van der Waals surface area (Å²) in [5, 5.41) is 2.82. The first-order valence-corrected chi connectivity index (χ1v) is 9.64. The molecule has 3 rings (SSSR count). The minimum Gasteiger partial charge on any atom is -0.335 e. The van der Waals surface area contributed by atoms with E-state index in [9.17, 15) is 0 Å². The van der Waals surface area contributed by atoms with Crippen LogP contribution >= 0.6 is 11.6 Å². The van der Waals surface area contributed by atoms with Crippen molar-refractivity contribution in [2.75, 3.05) is 7.05 Å². The van der Waals surface area contributed by atoms with Gasteiger partial charge in [0.25, 0.3) is 0 Å². The monoisotopic (exact) mass is 361 g/mol. The molecular formula is C20H28ClN3O. The summed E-state index contributed by atoms with van der Waals surface area (Å²) in [6.45, 7) is 3.06. The van der Waals surface area contributed by atoms with Crippen LogP contribution in [0, 0.1) is 0 Å². The van der Waals surface area contributed by atoms with Crippen molar-refractivity contribution < 1.29 is 4.84 Å². The molecule has 1 aromatic carbocycles. The van der Waals surface area contributed by atoms with Gasteiger partial charge in [-0.1, -0.05) is 56.3 Å². The number of aromatic nitrogens is 2. The Hall–Kier alpha value is -1.36. The van der Waals surface area contributed by atoms with E-state index in [1.807, 2.05) is 30.9 Å². The average Bonchev–Trinajstić information content (AvgIpc) is 3.21. The summed E-state index contributed by atoms with van der Waals surface area (Å²) in [4.78, 5) is 10.5. The van der Waals surface area contributed by atoms with Crippen LogP contribution in [0.15, 0.2) is 43.0 Å². The van der Waals surface area contributed by atoms with Gasteiger partial charge in [-0.2, -0.15) is 5.06 Å². The molecule has 0 saturated carbocycles. The zero-order valence-corrected chi connectivity index (χ0v) is 16.0. The lowest BCUT2D eigenvalue weighted by Gasteiger charge is -2.35. The molecule has 4 nitrogen and oxygen atoms in total. The number of halogens is 1. The van der Waals surface area contributed by atoms with Crippen LogP contribution < -0.4 is 0 Å². The van der Waals surface area contributed by atoms with Gasteiger partial charge in [-0.25, -0.2) is 4.98 Å². The highest BCUT2D eigenvalue weighted by molar-refractivity contribution is 6.30. The van der Waals surface area contributed by atoms with Gasteiger partial charge in [-0.05, 0) is 24.1 Å². The van der Waals surface area contributed by atoms with E-state index in [1.165, 1.54) is 31.2 Å². The van der Waals surface area contributed by atoms with Gasteiger partial charge in [0.2, 0.25) is 0 Å². The standard InChI is InChI=1S/C20H28ClN3O/c1-3-4-5-6-7-19-14-20(23(2)25-19,15-24-13-12-22-16-24)17-8-10-18(21)11-9-17/h8-13,16,19H,3-7,14-15H2,1-2H3/t19-,20-/m1/s1. The van der Waals surface area contributed by atoms with E-state index in [2.05, 4.69) is 40.7 Å². The lowest BCUT2D eigenvalue weighted by atomic mass is 9.84. The first-order chi connectivity index (χ1) is 12.1. The smallest absolute Gasteiger partial charge is 0.0946 e. The number of hydrogen-bond acceptors (Lipinski definition) is 3. The van der Waals surface area contributed by atoms with Gasteiger partial charge >= 0.3 is 0 Å². The van der Waals surface area contributed by atoms with Crippen LogP contribution in [-0.2, 0) is 16.9 Å². The van der Waals surface area contributed by atoms with Crippen molar-refractivity contribution in [3.05, 3.63) is 53.6 Å². The van der Waals surface area contributed by atoms with Crippen LogP contribution in [0.2, 0.25) is 5.02 Å². The summed E-state index contributed by atoms with van der Waals surface area (Å²) >= 11 is 6.11. The number of likely N-dealkylation sites (N-methyl/N-ethyl adjacent to an activating group) is 1. The van der Waals surface area contributed by atoms with Crippen LogP contribution in [-0.4, -0.2) is 27.8 Å². The van der Waals surface area contributed by atoms with Gasteiger partial charge in [-0.15, -0.1) is 0 Å². The first-order valence-electron chi connectivity index (χ1n) is 9.26. The van der Waals surface area contributed by atoms with Gasteiger partial charge < -0.3 is 4.57 Å². The second kappa shape index (κ2) is 8.35. The van der Waals surface area contributed by atoms with Gasteiger partial charge in [0.15, 0.2) is 0 Å². The number of hydrogen-bond donors (Lipinski definition) is 0. The molecule has 0 amide bonds. The molecule has 5 heteroatoms. The average molecular weight is 362 g/mol. The van der Waals surface area contributed by atoms with Gasteiger partial charge in [-0.3, -0.25) is 4.84 Å². The van der Waals surface area contributed by atoms with Crippen LogP contribution in [0.5, 0.6) is 0 Å². The normalized spacial score (nSPS) is 24.0. The van der Waals surface area contributed by atoms with Crippen molar-refractivity contribution in [3.8, 4) is 0 Å². The minimum atomic E-state index is -0.194. The number of rotatable bonds is 8. The highest BCUT2D eigenvalue weighted by atomic mass is 35.5. The first kappa shape index (κ1) is 18.4. The van der Waals surface area contributed by atoms with Gasteiger partial charge in [0.05, 0.1) is 18.0 Å². The third-order valence-electron chi connectivity index (χ3n) is 5.24. The largest absolute Gasteiger partial charge is 0.335 e. The second-order valence-corrected chi connectivity index (χ2v) is 7.49. The predicted molar refractivity (Wildman–Crippen MR) is 101 cm³/mol. The molecule has 0 bridgehead atoms. The lowest BCUT2D eigenvalue weighted by molar-refractivity contribution is -0.176. The van der Waals surface area contributed by atoms with Crippen molar-refractivity contribution >= 4 is 11.6 Å². The minimum absolute atomic E-state index is 0.194. The highest BCUT2D eigenvalue weighted by Gasteiger charge is 2.46. The summed E-state index contributed by atoms with van der Waals surface area (Å²) in [6, 6.07) is 8.18. The van der Waals surface area contributed by atoms with Crippen LogP contribution in [0.1, 0.15) is 51.0 Å². The van der Waals surface area contributed by atoms with Gasteiger partial charge in [0.1, 0.15) is 0 Å². The van der Waals surface area contributed by atoms with E-state index in [0.717, 1.165) is 24.4 Å². The number of imidazole rings is 1.